The van der Waals surface area contributed by atoms with E-state index in [1.807, 2.05) is 48.5 Å². The number of carbonyl (C=O) groups is 2. The van der Waals surface area contributed by atoms with Gasteiger partial charge < -0.3 is 5.11 Å². The first-order chi connectivity index (χ1) is 14.1. The number of fused-ring (bicyclic) bond motifs is 1. The molecular weight excluding hydrogens is 368 g/mol. The minimum atomic E-state index is -0.905. The summed E-state index contributed by atoms with van der Waals surface area (Å²) in [5.74, 6) is -1.08. The standard InChI is InChI=1S/C22H20N4O3/c27-21(7-4-8-22(28)29)26-20(14-18(25-26)15-5-2-1-3-6-15)16-9-10-17-19(13-16)24-12-11-23-17/h1-3,5-6,9-13,20H,4,7-8,14H2,(H,28,29). The van der Waals surface area contributed by atoms with Gasteiger partial charge in [0.1, 0.15) is 0 Å². The molecule has 0 saturated carbocycles. The van der Waals surface area contributed by atoms with Gasteiger partial charge in [0.25, 0.3) is 0 Å². The van der Waals surface area contributed by atoms with Crippen LogP contribution < -0.4 is 0 Å². The van der Waals surface area contributed by atoms with E-state index in [2.05, 4.69) is 15.1 Å². The van der Waals surface area contributed by atoms with Crippen molar-refractivity contribution in [2.45, 2.75) is 31.7 Å². The van der Waals surface area contributed by atoms with E-state index in [0.29, 0.717) is 6.42 Å². The Bertz CT molecular complexity index is 1080. The van der Waals surface area contributed by atoms with Crippen molar-refractivity contribution in [2.75, 3.05) is 0 Å². The Hall–Kier alpha value is -3.61. The summed E-state index contributed by atoms with van der Waals surface area (Å²) in [6.07, 6.45) is 4.26. The van der Waals surface area contributed by atoms with Gasteiger partial charge in [0, 0.05) is 31.7 Å². The highest BCUT2D eigenvalue weighted by atomic mass is 16.4. The van der Waals surface area contributed by atoms with Crippen LogP contribution in [0.15, 0.2) is 66.0 Å². The maximum absolute atomic E-state index is 12.8. The third kappa shape index (κ3) is 4.13. The van der Waals surface area contributed by atoms with Gasteiger partial charge in [-0.2, -0.15) is 5.10 Å². The molecule has 2 aromatic carbocycles. The van der Waals surface area contributed by atoms with Crippen LogP contribution in [0.1, 0.15) is 42.9 Å². The summed E-state index contributed by atoms with van der Waals surface area (Å²) in [4.78, 5) is 32.3. The zero-order valence-electron chi connectivity index (χ0n) is 15.7. The molecule has 29 heavy (non-hydrogen) atoms. The molecule has 1 amide bonds. The number of benzene rings is 2. The molecule has 2 heterocycles. The Balaban J connectivity index is 1.64. The van der Waals surface area contributed by atoms with Crippen LogP contribution >= 0.6 is 0 Å². The average molecular weight is 388 g/mol. The molecule has 0 spiro atoms. The van der Waals surface area contributed by atoms with E-state index < -0.39 is 5.97 Å². The third-order valence-corrected chi connectivity index (χ3v) is 4.93. The lowest BCUT2D eigenvalue weighted by molar-refractivity contribution is -0.137. The van der Waals surface area contributed by atoms with Crippen molar-refractivity contribution < 1.29 is 14.7 Å². The number of rotatable bonds is 6. The molecule has 3 aromatic rings. The van der Waals surface area contributed by atoms with Gasteiger partial charge in [0.05, 0.1) is 22.8 Å². The second kappa shape index (κ2) is 8.18. The predicted octanol–water partition coefficient (Wildman–Crippen LogP) is 3.56. The number of hydrogen-bond donors (Lipinski definition) is 1. The van der Waals surface area contributed by atoms with Crippen LogP contribution in [-0.4, -0.2) is 37.7 Å². The Morgan fingerprint density at radius 3 is 2.52 bits per heavy atom. The van der Waals surface area contributed by atoms with Crippen LogP contribution in [0, 0.1) is 0 Å². The average Bonchev–Trinajstić information content (AvgIpc) is 3.19. The molecule has 0 bridgehead atoms. The van der Waals surface area contributed by atoms with Gasteiger partial charge in [-0.25, -0.2) is 5.01 Å². The van der Waals surface area contributed by atoms with Gasteiger partial charge in [-0.15, -0.1) is 0 Å². The Kier molecular flexibility index (Phi) is 5.29. The molecule has 7 nitrogen and oxygen atoms in total. The highest BCUT2D eigenvalue weighted by Gasteiger charge is 2.33. The summed E-state index contributed by atoms with van der Waals surface area (Å²) in [5, 5.41) is 15.0. The van der Waals surface area contributed by atoms with Gasteiger partial charge in [-0.3, -0.25) is 19.6 Å². The number of hydrogen-bond acceptors (Lipinski definition) is 5. The van der Waals surface area contributed by atoms with Gasteiger partial charge in [-0.05, 0) is 29.7 Å². The smallest absolute Gasteiger partial charge is 0.303 e. The van der Waals surface area contributed by atoms with Crippen LogP contribution in [0.4, 0.5) is 0 Å². The van der Waals surface area contributed by atoms with Crippen LogP contribution in [0.5, 0.6) is 0 Å². The molecule has 1 aromatic heterocycles. The number of aliphatic carboxylic acids is 1. The number of hydrazone groups is 1. The van der Waals surface area contributed by atoms with E-state index in [-0.39, 0.29) is 31.2 Å². The molecule has 1 aliphatic rings. The first kappa shape index (κ1) is 18.7. The fourth-order valence-electron chi connectivity index (χ4n) is 3.50. The second-order valence-corrected chi connectivity index (χ2v) is 6.92. The fourth-order valence-corrected chi connectivity index (χ4v) is 3.50. The predicted molar refractivity (Wildman–Crippen MR) is 108 cm³/mol. The number of carbonyl (C=O) groups excluding carboxylic acids is 1. The summed E-state index contributed by atoms with van der Waals surface area (Å²) in [6.45, 7) is 0. The quantitative estimate of drug-likeness (QED) is 0.696. The maximum Gasteiger partial charge on any atom is 0.303 e. The van der Waals surface area contributed by atoms with Crippen molar-refractivity contribution in [3.8, 4) is 0 Å². The highest BCUT2D eigenvalue weighted by Crippen LogP contribution is 2.34. The summed E-state index contributed by atoms with van der Waals surface area (Å²) in [5.41, 5.74) is 4.29. The van der Waals surface area contributed by atoms with Crippen molar-refractivity contribution in [3.63, 3.8) is 0 Å². The normalized spacial score (nSPS) is 16.1. The molecule has 0 radical (unpaired) electrons. The molecule has 1 atom stereocenters. The highest BCUT2D eigenvalue weighted by molar-refractivity contribution is 6.03. The van der Waals surface area contributed by atoms with Gasteiger partial charge in [0.2, 0.25) is 5.91 Å². The van der Waals surface area contributed by atoms with E-state index in [9.17, 15) is 9.59 Å². The van der Waals surface area contributed by atoms with E-state index in [1.165, 1.54) is 5.01 Å². The monoisotopic (exact) mass is 388 g/mol. The van der Waals surface area contributed by atoms with E-state index in [4.69, 9.17) is 5.11 Å². The number of amides is 1. The SMILES string of the molecule is O=C(O)CCCC(=O)N1N=C(c2ccccc2)CC1c1ccc2nccnc2c1. The van der Waals surface area contributed by atoms with Crippen LogP contribution in [0.2, 0.25) is 0 Å². The molecule has 0 fully saturated rings. The zero-order valence-corrected chi connectivity index (χ0v) is 15.7. The minimum absolute atomic E-state index is 0.0366. The number of nitrogens with zero attached hydrogens (tertiary/aromatic N) is 4. The summed E-state index contributed by atoms with van der Waals surface area (Å²) in [7, 11) is 0. The van der Waals surface area contributed by atoms with Crippen molar-refractivity contribution >= 4 is 28.6 Å². The van der Waals surface area contributed by atoms with Crippen LogP contribution in [0.25, 0.3) is 11.0 Å². The lowest BCUT2D eigenvalue weighted by atomic mass is 9.98. The fraction of sp³-hybridized carbons (Fsp3) is 0.227. The lowest BCUT2D eigenvalue weighted by Crippen LogP contribution is -2.27. The number of aromatic nitrogens is 2. The minimum Gasteiger partial charge on any atom is -0.481 e. The maximum atomic E-state index is 12.8. The molecule has 1 aliphatic heterocycles. The summed E-state index contributed by atoms with van der Waals surface area (Å²) >= 11 is 0. The lowest BCUT2D eigenvalue weighted by Gasteiger charge is -2.22. The Morgan fingerprint density at radius 2 is 1.76 bits per heavy atom. The van der Waals surface area contributed by atoms with Crippen molar-refractivity contribution in [3.05, 3.63) is 72.1 Å². The number of carboxylic acid groups (broad SMARTS) is 1. The second-order valence-electron chi connectivity index (χ2n) is 6.92. The van der Waals surface area contributed by atoms with E-state index in [1.54, 1.807) is 12.4 Å². The van der Waals surface area contributed by atoms with E-state index in [0.717, 1.165) is 27.9 Å². The molecule has 1 unspecified atom stereocenters. The van der Waals surface area contributed by atoms with Crippen molar-refractivity contribution in [1.82, 2.24) is 15.0 Å². The van der Waals surface area contributed by atoms with Gasteiger partial charge in [-0.1, -0.05) is 36.4 Å². The summed E-state index contributed by atoms with van der Waals surface area (Å²) < 4.78 is 0. The van der Waals surface area contributed by atoms with Crippen molar-refractivity contribution in [1.29, 1.82) is 0 Å². The molecule has 0 saturated heterocycles. The molecule has 4 rings (SSSR count). The van der Waals surface area contributed by atoms with Crippen LogP contribution in [-0.2, 0) is 9.59 Å². The zero-order chi connectivity index (χ0) is 20.2. The summed E-state index contributed by atoms with van der Waals surface area (Å²) in [6, 6.07) is 15.3. The molecular formula is C22H20N4O3. The molecule has 7 heteroatoms. The topological polar surface area (TPSA) is 95.8 Å². The first-order valence-electron chi connectivity index (χ1n) is 9.49. The van der Waals surface area contributed by atoms with Gasteiger partial charge >= 0.3 is 5.97 Å². The third-order valence-electron chi connectivity index (χ3n) is 4.93. The largest absolute Gasteiger partial charge is 0.481 e. The molecule has 146 valence electrons. The molecule has 0 aliphatic carbocycles. The molecule has 1 N–H and O–H groups in total. The first-order valence-corrected chi connectivity index (χ1v) is 9.49. The van der Waals surface area contributed by atoms with E-state index >= 15 is 0 Å². The van der Waals surface area contributed by atoms with Crippen molar-refractivity contribution in [2.24, 2.45) is 5.10 Å². The van der Waals surface area contributed by atoms with Gasteiger partial charge in [0.15, 0.2) is 0 Å². The Morgan fingerprint density at radius 1 is 1.00 bits per heavy atom. The Labute approximate surface area is 167 Å². The number of carboxylic acids is 1. The van der Waals surface area contributed by atoms with Crippen LogP contribution in [0.3, 0.4) is 0 Å².